The van der Waals surface area contributed by atoms with Gasteiger partial charge in [0, 0.05) is 12.5 Å². The van der Waals surface area contributed by atoms with E-state index in [9.17, 15) is 5.11 Å². The number of nitrogens with zero attached hydrogens (tertiary/aromatic N) is 3. The highest BCUT2D eigenvalue weighted by Gasteiger charge is 2.31. The Morgan fingerprint density at radius 2 is 2.24 bits per heavy atom. The van der Waals surface area contributed by atoms with Gasteiger partial charge in [0.25, 0.3) is 0 Å². The first-order valence-electron chi connectivity index (χ1n) is 6.49. The summed E-state index contributed by atoms with van der Waals surface area (Å²) in [5, 5.41) is 13.7. The van der Waals surface area contributed by atoms with Crippen molar-refractivity contribution in [3.8, 4) is 0 Å². The van der Waals surface area contributed by atoms with Gasteiger partial charge in [0.05, 0.1) is 12.1 Å². The Morgan fingerprint density at radius 3 is 2.94 bits per heavy atom. The molecule has 2 unspecified atom stereocenters. The Hall–Kier alpha value is -0.940. The van der Waals surface area contributed by atoms with Crippen LogP contribution in [0.4, 0.5) is 0 Å². The third-order valence-electron chi connectivity index (χ3n) is 3.73. The number of aliphatic hydroxyl groups is 1. The summed E-state index contributed by atoms with van der Waals surface area (Å²) in [6.07, 6.45) is 4.11. The van der Waals surface area contributed by atoms with E-state index in [1.807, 2.05) is 0 Å². The summed E-state index contributed by atoms with van der Waals surface area (Å²) >= 11 is 0. The van der Waals surface area contributed by atoms with Crippen LogP contribution in [-0.4, -0.2) is 39.3 Å². The molecule has 94 valence electrons. The number of hydrogen-bond donors (Lipinski definition) is 1. The van der Waals surface area contributed by atoms with E-state index in [4.69, 9.17) is 4.52 Å². The summed E-state index contributed by atoms with van der Waals surface area (Å²) in [4.78, 5) is 6.69. The average Bonchev–Trinajstić information content (AvgIpc) is 3.07. The lowest BCUT2D eigenvalue weighted by atomic mass is 10.1. The van der Waals surface area contributed by atoms with Gasteiger partial charge in [-0.25, -0.2) is 0 Å². The van der Waals surface area contributed by atoms with Gasteiger partial charge in [-0.05, 0) is 39.2 Å². The van der Waals surface area contributed by atoms with Gasteiger partial charge < -0.3 is 9.63 Å². The Morgan fingerprint density at radius 1 is 1.41 bits per heavy atom. The van der Waals surface area contributed by atoms with Crippen LogP contribution in [0.25, 0.3) is 0 Å². The van der Waals surface area contributed by atoms with E-state index in [0.29, 0.717) is 18.4 Å². The highest BCUT2D eigenvalue weighted by Crippen LogP contribution is 2.38. The number of rotatable bonds is 3. The van der Waals surface area contributed by atoms with Crippen molar-refractivity contribution in [1.29, 1.82) is 0 Å². The third-order valence-corrected chi connectivity index (χ3v) is 3.73. The molecule has 1 saturated carbocycles. The number of piperidine rings is 1. The van der Waals surface area contributed by atoms with Gasteiger partial charge in [0.2, 0.25) is 5.89 Å². The molecule has 1 aliphatic carbocycles. The molecule has 2 aliphatic rings. The van der Waals surface area contributed by atoms with E-state index in [0.717, 1.165) is 25.2 Å². The van der Waals surface area contributed by atoms with Crippen LogP contribution >= 0.6 is 0 Å². The molecule has 0 amide bonds. The zero-order valence-electron chi connectivity index (χ0n) is 10.2. The van der Waals surface area contributed by atoms with Crippen molar-refractivity contribution in [2.24, 2.45) is 0 Å². The Balaban J connectivity index is 1.68. The molecule has 1 aromatic rings. The van der Waals surface area contributed by atoms with Gasteiger partial charge in [0.15, 0.2) is 5.82 Å². The minimum Gasteiger partial charge on any atom is -0.392 e. The van der Waals surface area contributed by atoms with Gasteiger partial charge in [-0.1, -0.05) is 5.16 Å². The Kier molecular flexibility index (Phi) is 2.88. The molecule has 2 fully saturated rings. The number of aliphatic hydroxyl groups excluding tert-OH is 1. The van der Waals surface area contributed by atoms with Gasteiger partial charge >= 0.3 is 0 Å². The van der Waals surface area contributed by atoms with E-state index in [1.165, 1.54) is 12.8 Å². The fourth-order valence-electron chi connectivity index (χ4n) is 2.42. The van der Waals surface area contributed by atoms with Crippen molar-refractivity contribution < 1.29 is 9.63 Å². The van der Waals surface area contributed by atoms with Gasteiger partial charge in [-0.15, -0.1) is 0 Å². The van der Waals surface area contributed by atoms with Gasteiger partial charge in [-0.3, -0.25) is 4.90 Å². The predicted molar refractivity (Wildman–Crippen MR) is 61.5 cm³/mol. The molecule has 0 bridgehead atoms. The summed E-state index contributed by atoms with van der Waals surface area (Å²) in [5.74, 6) is 2.09. The van der Waals surface area contributed by atoms with E-state index in [1.54, 1.807) is 0 Å². The fourth-order valence-corrected chi connectivity index (χ4v) is 2.42. The highest BCUT2D eigenvalue weighted by molar-refractivity contribution is 5.04. The van der Waals surface area contributed by atoms with E-state index >= 15 is 0 Å². The zero-order chi connectivity index (χ0) is 11.8. The standard InChI is InChI=1S/C12H19N3O2/c1-8(15-6-2-3-10(16)7-15)12-13-11(14-17-12)9-4-5-9/h8-10,16H,2-7H2,1H3. The van der Waals surface area contributed by atoms with Crippen LogP contribution in [0.5, 0.6) is 0 Å². The minimum atomic E-state index is -0.211. The lowest BCUT2D eigenvalue weighted by molar-refractivity contribution is 0.0422. The van der Waals surface area contributed by atoms with Crippen LogP contribution in [0, 0.1) is 0 Å². The molecule has 2 heterocycles. The zero-order valence-corrected chi connectivity index (χ0v) is 10.2. The van der Waals surface area contributed by atoms with Crippen molar-refractivity contribution in [2.75, 3.05) is 13.1 Å². The number of likely N-dealkylation sites (tertiary alicyclic amines) is 1. The summed E-state index contributed by atoms with van der Waals surface area (Å²) in [6, 6.07) is 0.116. The molecule has 2 atom stereocenters. The predicted octanol–water partition coefficient (Wildman–Crippen LogP) is 1.46. The van der Waals surface area contributed by atoms with E-state index in [2.05, 4.69) is 22.0 Å². The molecule has 3 rings (SSSR count). The van der Waals surface area contributed by atoms with Crippen LogP contribution < -0.4 is 0 Å². The maximum atomic E-state index is 9.67. The number of aromatic nitrogens is 2. The van der Waals surface area contributed by atoms with Crippen LogP contribution in [-0.2, 0) is 0 Å². The molecule has 0 aromatic carbocycles. The average molecular weight is 237 g/mol. The molecule has 5 nitrogen and oxygen atoms in total. The lowest BCUT2D eigenvalue weighted by Gasteiger charge is -2.32. The Labute approximate surface area is 101 Å². The van der Waals surface area contributed by atoms with Crippen molar-refractivity contribution >= 4 is 0 Å². The first-order chi connectivity index (χ1) is 8.24. The topological polar surface area (TPSA) is 62.4 Å². The minimum absolute atomic E-state index is 0.116. The Bertz CT molecular complexity index is 389. The second-order valence-corrected chi connectivity index (χ2v) is 5.23. The van der Waals surface area contributed by atoms with Crippen LogP contribution in [0.3, 0.4) is 0 Å². The molecule has 5 heteroatoms. The molecule has 1 N–H and O–H groups in total. The first kappa shape index (κ1) is 11.2. The quantitative estimate of drug-likeness (QED) is 0.862. The van der Waals surface area contributed by atoms with Crippen LogP contribution in [0.1, 0.15) is 56.3 Å². The van der Waals surface area contributed by atoms with Crippen molar-refractivity contribution in [3.63, 3.8) is 0 Å². The fraction of sp³-hybridized carbons (Fsp3) is 0.833. The largest absolute Gasteiger partial charge is 0.392 e. The monoisotopic (exact) mass is 237 g/mol. The van der Waals surface area contributed by atoms with Crippen LogP contribution in [0.15, 0.2) is 4.52 Å². The number of hydrogen-bond acceptors (Lipinski definition) is 5. The van der Waals surface area contributed by atoms with Gasteiger partial charge in [0.1, 0.15) is 0 Å². The van der Waals surface area contributed by atoms with Crippen molar-refractivity contribution in [2.45, 2.75) is 50.7 Å². The molecule has 1 aromatic heterocycles. The van der Waals surface area contributed by atoms with Crippen molar-refractivity contribution in [1.82, 2.24) is 15.0 Å². The second kappa shape index (κ2) is 4.38. The summed E-state index contributed by atoms with van der Waals surface area (Å²) in [7, 11) is 0. The van der Waals surface area contributed by atoms with Crippen molar-refractivity contribution in [3.05, 3.63) is 11.7 Å². The van der Waals surface area contributed by atoms with Crippen LogP contribution in [0.2, 0.25) is 0 Å². The molecule has 1 aliphatic heterocycles. The summed E-state index contributed by atoms with van der Waals surface area (Å²) < 4.78 is 5.33. The molecule has 0 spiro atoms. The second-order valence-electron chi connectivity index (χ2n) is 5.23. The SMILES string of the molecule is CC(c1nc(C2CC2)no1)N1CCCC(O)C1. The number of β-amino-alcohol motifs (C(OH)–C–C–N with tert-alkyl or cyclic N) is 1. The normalized spacial score (nSPS) is 28.2. The molecular formula is C12H19N3O2. The summed E-state index contributed by atoms with van der Waals surface area (Å²) in [6.45, 7) is 3.78. The third kappa shape index (κ3) is 2.35. The smallest absolute Gasteiger partial charge is 0.243 e. The molecular weight excluding hydrogens is 218 g/mol. The molecule has 1 saturated heterocycles. The highest BCUT2D eigenvalue weighted by atomic mass is 16.5. The molecule has 0 radical (unpaired) electrons. The summed E-state index contributed by atoms with van der Waals surface area (Å²) in [5.41, 5.74) is 0. The van der Waals surface area contributed by atoms with Gasteiger partial charge in [-0.2, -0.15) is 4.98 Å². The van der Waals surface area contributed by atoms with E-state index < -0.39 is 0 Å². The lowest BCUT2D eigenvalue weighted by Crippen LogP contribution is -2.39. The van der Waals surface area contributed by atoms with E-state index in [-0.39, 0.29) is 12.1 Å². The molecule has 17 heavy (non-hydrogen) atoms. The maximum absolute atomic E-state index is 9.67. The first-order valence-corrected chi connectivity index (χ1v) is 6.49. The maximum Gasteiger partial charge on any atom is 0.243 e.